The Balaban J connectivity index is 1.94. The molecular formula is C31H44F6O4. The van der Waals surface area contributed by atoms with Crippen LogP contribution in [0.4, 0.5) is 26.3 Å². The molecular weight excluding hydrogens is 550 g/mol. The Hall–Kier alpha value is -1.54. The van der Waals surface area contributed by atoms with E-state index in [0.717, 1.165) is 29.9 Å². The Bertz CT molecular complexity index is 1190. The Morgan fingerprint density at radius 3 is 2.24 bits per heavy atom. The third kappa shape index (κ3) is 8.10. The number of aliphatic hydroxyl groups is 4. The van der Waals surface area contributed by atoms with Gasteiger partial charge in [-0.1, -0.05) is 42.6 Å². The number of halogens is 6. The molecule has 0 unspecified atom stereocenters. The molecule has 3 rings (SSSR count). The first-order valence-electron chi connectivity index (χ1n) is 17.1. The third-order valence-corrected chi connectivity index (χ3v) is 9.25. The van der Waals surface area contributed by atoms with Crippen LogP contribution in [0.15, 0.2) is 23.3 Å². The second-order valence-corrected chi connectivity index (χ2v) is 12.3. The summed E-state index contributed by atoms with van der Waals surface area (Å²) >= 11 is 0. The van der Waals surface area contributed by atoms with Crippen LogP contribution in [0, 0.1) is 35.0 Å². The van der Waals surface area contributed by atoms with Crippen molar-refractivity contribution in [1.29, 1.82) is 0 Å². The van der Waals surface area contributed by atoms with Crippen molar-refractivity contribution in [2.24, 2.45) is 23.2 Å². The number of allylic oxidation sites excluding steroid dienone is 3. The molecule has 0 aromatic heterocycles. The molecule has 6 atom stereocenters. The molecule has 234 valence electrons. The molecule has 41 heavy (non-hydrogen) atoms. The van der Waals surface area contributed by atoms with Gasteiger partial charge >= 0.3 is 18.0 Å². The van der Waals surface area contributed by atoms with E-state index in [0.29, 0.717) is 38.5 Å². The van der Waals surface area contributed by atoms with Gasteiger partial charge in [-0.3, -0.25) is 0 Å². The van der Waals surface area contributed by atoms with Crippen LogP contribution < -0.4 is 0 Å². The van der Waals surface area contributed by atoms with E-state index in [-0.39, 0.29) is 24.7 Å². The predicted molar refractivity (Wildman–Crippen MR) is 143 cm³/mol. The fraction of sp³-hybridized carbons (Fsp3) is 0.806. The van der Waals surface area contributed by atoms with Crippen LogP contribution in [-0.2, 0) is 0 Å². The zero-order valence-electron chi connectivity index (χ0n) is 29.1. The topological polar surface area (TPSA) is 80.9 Å². The molecule has 0 bridgehead atoms. The second kappa shape index (κ2) is 12.6. The van der Waals surface area contributed by atoms with Gasteiger partial charge in [-0.2, -0.15) is 26.3 Å². The van der Waals surface area contributed by atoms with Crippen molar-refractivity contribution in [3.8, 4) is 11.8 Å². The molecule has 3 aliphatic carbocycles. The lowest BCUT2D eigenvalue weighted by atomic mass is 9.60. The van der Waals surface area contributed by atoms with E-state index in [2.05, 4.69) is 0 Å². The van der Waals surface area contributed by atoms with E-state index in [1.54, 1.807) is 0 Å². The quantitative estimate of drug-likeness (QED) is 0.192. The maximum absolute atomic E-state index is 13.3. The first-order valence-corrected chi connectivity index (χ1v) is 14.1. The van der Waals surface area contributed by atoms with Crippen LogP contribution in [0.5, 0.6) is 0 Å². The van der Waals surface area contributed by atoms with Crippen molar-refractivity contribution >= 4 is 0 Å². The lowest BCUT2D eigenvalue weighted by Crippen LogP contribution is -2.55. The Morgan fingerprint density at radius 1 is 1.02 bits per heavy atom. The van der Waals surface area contributed by atoms with Crippen molar-refractivity contribution in [1.82, 2.24) is 0 Å². The highest BCUT2D eigenvalue weighted by molar-refractivity contribution is 5.27. The monoisotopic (exact) mass is 600 g/mol. The summed E-state index contributed by atoms with van der Waals surface area (Å²) in [5.74, 6) is 1.92. The number of rotatable bonds is 7. The van der Waals surface area contributed by atoms with Crippen molar-refractivity contribution in [3.05, 3.63) is 23.3 Å². The van der Waals surface area contributed by atoms with Crippen molar-refractivity contribution in [2.75, 3.05) is 0 Å². The first kappa shape index (κ1) is 25.9. The van der Waals surface area contributed by atoms with Gasteiger partial charge in [0.05, 0.1) is 17.8 Å². The van der Waals surface area contributed by atoms with E-state index in [9.17, 15) is 46.8 Å². The molecule has 3 aliphatic rings. The summed E-state index contributed by atoms with van der Waals surface area (Å²) in [6.07, 6.45) is -6.71. The van der Waals surface area contributed by atoms with Crippen LogP contribution >= 0.6 is 0 Å². The number of hydrogen-bond acceptors (Lipinski definition) is 4. The summed E-state index contributed by atoms with van der Waals surface area (Å²) in [7, 11) is 0. The van der Waals surface area contributed by atoms with Gasteiger partial charge in [0.25, 0.3) is 0 Å². The maximum Gasteiger partial charge on any atom is 0.438 e. The second-order valence-electron chi connectivity index (χ2n) is 12.3. The summed E-state index contributed by atoms with van der Waals surface area (Å²) in [4.78, 5) is 0. The molecule has 3 saturated carbocycles. The van der Waals surface area contributed by atoms with Gasteiger partial charge in [0.15, 0.2) is 0 Å². The normalized spacial score (nSPS) is 34.2. The highest BCUT2D eigenvalue weighted by Crippen LogP contribution is 2.60. The first-order chi connectivity index (χ1) is 21.3. The number of fused-ring (bicyclic) bond motifs is 1. The predicted octanol–water partition coefficient (Wildman–Crippen LogP) is 6.77. The molecule has 0 heterocycles. The fourth-order valence-corrected chi connectivity index (χ4v) is 7.26. The molecule has 4 nitrogen and oxygen atoms in total. The van der Waals surface area contributed by atoms with E-state index < -0.39 is 73.6 Å². The standard InChI is InChI=1S/C31H44F6O4/c1-27(2,40)14-4-7-21(9-6-16-29(41,30(32,33)34)31(35,36)37)25-12-13-26-22(8-5-15-28(25,26)3)11-10-20-17-23(38)19-24(39)18-20/h10-11,21,23-26,38-41H,4-5,7-9,12-15,17-19H2,1-3H3/b22-11+/t21-,23+,24+,25-,26+,28-/m1/s1/i1D3,2D3. The van der Waals surface area contributed by atoms with Gasteiger partial charge < -0.3 is 20.4 Å². The zero-order chi connectivity index (χ0) is 35.9. The van der Waals surface area contributed by atoms with E-state index >= 15 is 0 Å². The Kier molecular flexibility index (Phi) is 7.96. The van der Waals surface area contributed by atoms with Crippen LogP contribution in [0.3, 0.4) is 0 Å². The van der Waals surface area contributed by atoms with Crippen LogP contribution in [0.1, 0.15) is 106 Å². The largest absolute Gasteiger partial charge is 0.438 e. The van der Waals surface area contributed by atoms with Crippen molar-refractivity contribution in [2.45, 2.75) is 133 Å². The fourth-order valence-electron chi connectivity index (χ4n) is 7.26. The molecule has 10 heteroatoms. The summed E-state index contributed by atoms with van der Waals surface area (Å²) in [5, 5.41) is 40.4. The Morgan fingerprint density at radius 2 is 1.66 bits per heavy atom. The molecule has 0 radical (unpaired) electrons. The van der Waals surface area contributed by atoms with Crippen molar-refractivity contribution < 1.29 is 55.0 Å². The van der Waals surface area contributed by atoms with Gasteiger partial charge in [-0.15, -0.1) is 0 Å². The smallest absolute Gasteiger partial charge is 0.393 e. The summed E-state index contributed by atoms with van der Waals surface area (Å²) in [6, 6.07) is 0. The number of aliphatic hydroxyl groups excluding tert-OH is 2. The van der Waals surface area contributed by atoms with E-state index in [4.69, 9.17) is 8.22 Å². The highest BCUT2D eigenvalue weighted by atomic mass is 19.4. The molecule has 0 amide bonds. The molecule has 0 spiro atoms. The molecule has 0 aromatic rings. The number of alkyl halides is 6. The average molecular weight is 601 g/mol. The molecule has 0 aromatic carbocycles. The van der Waals surface area contributed by atoms with Gasteiger partial charge in [-0.05, 0) is 107 Å². The SMILES string of the molecule is [2H]C([2H])([2H])C(O)(CCC[C@H](CC#CC(O)(C(F)(F)F)C(F)(F)F)[C@H]1CC[C@H]2/C(=C/C=C3C[C@H](O)C[C@@H](O)C3)CCC[C@]12C)C([2H])([2H])[2H]. The minimum Gasteiger partial charge on any atom is -0.393 e. The zero-order valence-corrected chi connectivity index (χ0v) is 23.1. The number of hydrogen-bond donors (Lipinski definition) is 4. The van der Waals surface area contributed by atoms with Crippen LogP contribution in [-0.4, -0.2) is 56.2 Å². The van der Waals surface area contributed by atoms with Gasteiger partial charge in [0, 0.05) is 14.6 Å². The molecule has 0 aliphatic heterocycles. The molecule has 4 N–H and O–H groups in total. The summed E-state index contributed by atoms with van der Waals surface area (Å²) in [5.41, 5.74) is -6.84. The average Bonchev–Trinajstić information content (AvgIpc) is 3.25. The molecule has 3 fully saturated rings. The minimum absolute atomic E-state index is 0.00374. The van der Waals surface area contributed by atoms with E-state index in [1.807, 2.05) is 25.0 Å². The third-order valence-electron chi connectivity index (χ3n) is 9.25. The summed E-state index contributed by atoms with van der Waals surface area (Å²) < 4.78 is 126. The lowest BCUT2D eigenvalue weighted by Gasteiger charge is -2.45. The molecule has 0 saturated heterocycles. The van der Waals surface area contributed by atoms with Gasteiger partial charge in [0.2, 0.25) is 0 Å². The summed E-state index contributed by atoms with van der Waals surface area (Å²) in [6.45, 7) is -4.60. The lowest BCUT2D eigenvalue weighted by molar-refractivity contribution is -0.343. The van der Waals surface area contributed by atoms with Crippen LogP contribution in [0.2, 0.25) is 0 Å². The van der Waals surface area contributed by atoms with E-state index in [1.165, 1.54) is 0 Å². The van der Waals surface area contributed by atoms with Gasteiger partial charge in [-0.25, -0.2) is 0 Å². The Labute approximate surface area is 247 Å². The van der Waals surface area contributed by atoms with Gasteiger partial charge in [0.1, 0.15) is 0 Å². The van der Waals surface area contributed by atoms with Crippen molar-refractivity contribution in [3.63, 3.8) is 0 Å². The van der Waals surface area contributed by atoms with Crippen LogP contribution in [0.25, 0.3) is 0 Å². The maximum atomic E-state index is 13.3. The highest BCUT2D eigenvalue weighted by Gasteiger charge is 2.70. The minimum atomic E-state index is -6.13.